The zero-order chi connectivity index (χ0) is 7.12. The van der Waals surface area contributed by atoms with Gasteiger partial charge in [-0.05, 0) is 18.3 Å². The van der Waals surface area contributed by atoms with Gasteiger partial charge in [-0.1, -0.05) is 6.92 Å². The molecule has 0 unspecified atom stereocenters. The molecule has 9 heavy (non-hydrogen) atoms. The van der Waals surface area contributed by atoms with E-state index in [1.54, 1.807) is 6.92 Å². The number of rotatable bonds is 1. The molecule has 1 aliphatic carbocycles. The molecule has 0 N–H and O–H groups in total. The smallest absolute Gasteiger partial charge is 0.171 e. The summed E-state index contributed by atoms with van der Waals surface area (Å²) in [6, 6.07) is 0. The van der Waals surface area contributed by atoms with E-state index in [2.05, 4.69) is 0 Å². The van der Waals surface area contributed by atoms with Gasteiger partial charge in [-0.2, -0.15) is 13.2 Å². The van der Waals surface area contributed by atoms with E-state index >= 15 is 0 Å². The fraction of sp³-hybridized carbons (Fsp3) is 1.00. The van der Waals surface area contributed by atoms with Gasteiger partial charge in [0.05, 0.1) is 0 Å². The van der Waals surface area contributed by atoms with Gasteiger partial charge in [0.15, 0.2) is 0 Å². The fourth-order valence-corrected chi connectivity index (χ4v) is 0.874. The monoisotopic (exact) mass is 138 g/mol. The second-order valence-electron chi connectivity index (χ2n) is 3.10. The molecule has 0 aliphatic heterocycles. The minimum atomic E-state index is -3.95. The van der Waals surface area contributed by atoms with Gasteiger partial charge in [0.25, 0.3) is 0 Å². The van der Waals surface area contributed by atoms with E-state index in [-0.39, 0.29) is 0 Å². The second-order valence-corrected chi connectivity index (χ2v) is 3.10. The highest BCUT2D eigenvalue weighted by atomic mass is 19.4. The SMILES string of the molecule is CC1(CC(F)(F)F)CC1. The molecule has 1 rings (SSSR count). The lowest BCUT2D eigenvalue weighted by atomic mass is 10.1. The molecule has 0 saturated heterocycles. The molecule has 3 heteroatoms. The number of halogens is 3. The summed E-state index contributed by atoms with van der Waals surface area (Å²) in [5.74, 6) is 0. The molecule has 0 atom stereocenters. The van der Waals surface area contributed by atoms with Gasteiger partial charge in [0.1, 0.15) is 0 Å². The molecule has 0 aromatic heterocycles. The van der Waals surface area contributed by atoms with Crippen molar-refractivity contribution in [3.63, 3.8) is 0 Å². The van der Waals surface area contributed by atoms with Crippen molar-refractivity contribution in [3.05, 3.63) is 0 Å². The van der Waals surface area contributed by atoms with Crippen LogP contribution in [0.4, 0.5) is 13.2 Å². The summed E-state index contributed by atoms with van der Waals surface area (Å²) in [7, 11) is 0. The predicted octanol–water partition coefficient (Wildman–Crippen LogP) is 2.74. The minimum Gasteiger partial charge on any atom is -0.171 e. The predicted molar refractivity (Wildman–Crippen MR) is 28.0 cm³/mol. The highest BCUT2D eigenvalue weighted by Gasteiger charge is 2.46. The van der Waals surface area contributed by atoms with E-state index in [1.807, 2.05) is 0 Å². The average molecular weight is 138 g/mol. The average Bonchev–Trinajstić information content (AvgIpc) is 2.12. The zero-order valence-corrected chi connectivity index (χ0v) is 5.26. The lowest BCUT2D eigenvalue weighted by Gasteiger charge is -2.10. The first-order valence-electron chi connectivity index (χ1n) is 2.98. The number of alkyl halides is 3. The molecule has 0 bridgehead atoms. The van der Waals surface area contributed by atoms with E-state index in [1.165, 1.54) is 0 Å². The Bertz CT molecular complexity index is 107. The van der Waals surface area contributed by atoms with Gasteiger partial charge < -0.3 is 0 Å². The first kappa shape index (κ1) is 6.90. The van der Waals surface area contributed by atoms with Gasteiger partial charge in [-0.25, -0.2) is 0 Å². The van der Waals surface area contributed by atoms with Crippen molar-refractivity contribution in [2.24, 2.45) is 5.41 Å². The van der Waals surface area contributed by atoms with Crippen LogP contribution in [0.3, 0.4) is 0 Å². The quantitative estimate of drug-likeness (QED) is 0.522. The molecule has 0 heterocycles. The van der Waals surface area contributed by atoms with Crippen LogP contribution in [0.2, 0.25) is 0 Å². The molecule has 0 nitrogen and oxygen atoms in total. The first-order chi connectivity index (χ1) is 3.91. The molecule has 1 fully saturated rings. The third kappa shape index (κ3) is 2.24. The van der Waals surface area contributed by atoms with E-state index in [4.69, 9.17) is 0 Å². The Kier molecular flexibility index (Phi) is 1.26. The summed E-state index contributed by atoms with van der Waals surface area (Å²) in [5.41, 5.74) is -0.391. The second kappa shape index (κ2) is 1.64. The standard InChI is InChI=1S/C6H9F3/c1-5(2-3-5)4-6(7,8)9/h2-4H2,1H3. The summed E-state index contributed by atoms with van der Waals surface area (Å²) >= 11 is 0. The van der Waals surface area contributed by atoms with E-state index < -0.39 is 18.0 Å². The molecule has 0 spiro atoms. The Labute approximate surface area is 52.1 Å². The Morgan fingerprint density at radius 1 is 1.33 bits per heavy atom. The highest BCUT2D eigenvalue weighted by molar-refractivity contribution is 4.90. The van der Waals surface area contributed by atoms with Crippen molar-refractivity contribution < 1.29 is 13.2 Å². The third-order valence-electron chi connectivity index (χ3n) is 1.73. The van der Waals surface area contributed by atoms with Gasteiger partial charge >= 0.3 is 6.18 Å². The van der Waals surface area contributed by atoms with Crippen LogP contribution >= 0.6 is 0 Å². The van der Waals surface area contributed by atoms with Gasteiger partial charge in [-0.3, -0.25) is 0 Å². The first-order valence-corrected chi connectivity index (χ1v) is 2.98. The molecular weight excluding hydrogens is 129 g/mol. The molecule has 1 saturated carbocycles. The molecule has 0 aromatic carbocycles. The summed E-state index contributed by atoms with van der Waals surface area (Å²) in [6.45, 7) is 1.68. The van der Waals surface area contributed by atoms with Crippen molar-refractivity contribution in [1.29, 1.82) is 0 Å². The number of hydrogen-bond acceptors (Lipinski definition) is 0. The summed E-state index contributed by atoms with van der Waals surface area (Å²) in [5, 5.41) is 0. The lowest BCUT2D eigenvalue weighted by molar-refractivity contribution is -0.145. The van der Waals surface area contributed by atoms with Crippen LogP contribution in [-0.4, -0.2) is 6.18 Å². The Morgan fingerprint density at radius 3 is 1.89 bits per heavy atom. The van der Waals surface area contributed by atoms with Gasteiger partial charge in [-0.15, -0.1) is 0 Å². The van der Waals surface area contributed by atoms with Crippen molar-refractivity contribution in [3.8, 4) is 0 Å². The summed E-state index contributed by atoms with van der Waals surface area (Å²) in [4.78, 5) is 0. The fourth-order valence-electron chi connectivity index (χ4n) is 0.874. The molecule has 0 radical (unpaired) electrons. The summed E-state index contributed by atoms with van der Waals surface area (Å²) in [6.07, 6.45) is -3.07. The maximum atomic E-state index is 11.6. The van der Waals surface area contributed by atoms with E-state index in [0.29, 0.717) is 0 Å². The van der Waals surface area contributed by atoms with Crippen LogP contribution < -0.4 is 0 Å². The molecule has 0 aromatic rings. The highest BCUT2D eigenvalue weighted by Crippen LogP contribution is 2.52. The topological polar surface area (TPSA) is 0 Å². The Hall–Kier alpha value is -0.210. The molecular formula is C6H9F3. The maximum Gasteiger partial charge on any atom is 0.389 e. The van der Waals surface area contributed by atoms with Crippen LogP contribution in [0.5, 0.6) is 0 Å². The van der Waals surface area contributed by atoms with E-state index in [9.17, 15) is 13.2 Å². The number of hydrogen-bond donors (Lipinski definition) is 0. The molecule has 0 amide bonds. The summed E-state index contributed by atoms with van der Waals surface area (Å²) < 4.78 is 34.8. The van der Waals surface area contributed by atoms with Gasteiger partial charge in [0.2, 0.25) is 0 Å². The van der Waals surface area contributed by atoms with Gasteiger partial charge in [0, 0.05) is 6.42 Å². The third-order valence-corrected chi connectivity index (χ3v) is 1.73. The zero-order valence-electron chi connectivity index (χ0n) is 5.26. The largest absolute Gasteiger partial charge is 0.389 e. The molecule has 1 aliphatic rings. The van der Waals surface area contributed by atoms with Crippen molar-refractivity contribution >= 4 is 0 Å². The van der Waals surface area contributed by atoms with Crippen LogP contribution in [-0.2, 0) is 0 Å². The maximum absolute atomic E-state index is 11.6. The van der Waals surface area contributed by atoms with Crippen LogP contribution in [0.25, 0.3) is 0 Å². The van der Waals surface area contributed by atoms with Crippen LogP contribution in [0.15, 0.2) is 0 Å². The normalized spacial score (nSPS) is 24.0. The molecule has 54 valence electrons. The van der Waals surface area contributed by atoms with Crippen molar-refractivity contribution in [1.82, 2.24) is 0 Å². The van der Waals surface area contributed by atoms with E-state index in [0.717, 1.165) is 12.8 Å². The lowest BCUT2D eigenvalue weighted by Crippen LogP contribution is -2.13. The van der Waals surface area contributed by atoms with Crippen LogP contribution in [0.1, 0.15) is 26.2 Å². The van der Waals surface area contributed by atoms with Crippen LogP contribution in [0, 0.1) is 5.41 Å². The Balaban J connectivity index is 2.33. The van der Waals surface area contributed by atoms with Crippen molar-refractivity contribution in [2.45, 2.75) is 32.4 Å². The Morgan fingerprint density at radius 2 is 1.78 bits per heavy atom. The minimum absolute atomic E-state index is 0.391. The van der Waals surface area contributed by atoms with Crippen molar-refractivity contribution in [2.75, 3.05) is 0 Å².